The fourth-order valence-electron chi connectivity index (χ4n) is 2.15. The largest absolute Gasteiger partial charge is 0.394 e. The highest BCUT2D eigenvalue weighted by molar-refractivity contribution is 6.28. The number of halogens is 3. The Morgan fingerprint density at radius 2 is 2.15 bits per heavy atom. The van der Waals surface area contributed by atoms with Gasteiger partial charge in [0.1, 0.15) is 11.6 Å². The third-order valence-corrected chi connectivity index (χ3v) is 3.29. The Hall–Kier alpha value is -1.58. The molecule has 1 saturated heterocycles. The number of hydrogen-bond acceptors (Lipinski definition) is 6. The van der Waals surface area contributed by atoms with E-state index in [0.29, 0.717) is 0 Å². The van der Waals surface area contributed by atoms with E-state index >= 15 is 0 Å². The average molecular weight is 306 g/mol. The minimum absolute atomic E-state index is 0.0302. The second kappa shape index (κ2) is 4.76. The van der Waals surface area contributed by atoms with E-state index in [2.05, 4.69) is 15.0 Å². The predicted octanol–water partition coefficient (Wildman–Crippen LogP) is 0.628. The fourth-order valence-corrected chi connectivity index (χ4v) is 2.32. The number of rotatable bonds is 2. The maximum Gasteiger partial charge on any atom is 0.226 e. The monoisotopic (exact) mass is 305 g/mol. The smallest absolute Gasteiger partial charge is 0.226 e. The molecule has 0 saturated carbocycles. The number of aliphatic hydroxyl groups is 1. The van der Waals surface area contributed by atoms with Gasteiger partial charge in [0, 0.05) is 0 Å². The lowest BCUT2D eigenvalue weighted by Gasteiger charge is -2.14. The minimum atomic E-state index is -1.96. The van der Waals surface area contributed by atoms with Crippen molar-refractivity contribution < 1.29 is 18.6 Å². The first-order valence-electron chi connectivity index (χ1n) is 5.73. The minimum Gasteiger partial charge on any atom is -0.394 e. The number of anilines is 1. The van der Waals surface area contributed by atoms with Crippen molar-refractivity contribution in [2.45, 2.75) is 24.7 Å². The van der Waals surface area contributed by atoms with Crippen molar-refractivity contribution in [3.05, 3.63) is 11.6 Å². The zero-order valence-corrected chi connectivity index (χ0v) is 10.7. The van der Waals surface area contributed by atoms with E-state index < -0.39 is 31.3 Å². The summed E-state index contributed by atoms with van der Waals surface area (Å²) in [5, 5.41) is 8.81. The molecule has 0 radical (unpaired) electrons. The first kappa shape index (κ1) is 13.4. The van der Waals surface area contributed by atoms with E-state index in [1.165, 1.54) is 10.9 Å². The van der Waals surface area contributed by atoms with Crippen LogP contribution in [0.15, 0.2) is 6.33 Å². The summed E-state index contributed by atoms with van der Waals surface area (Å²) in [6.07, 6.45) is -5.20. The molecule has 3 heterocycles. The van der Waals surface area contributed by atoms with Gasteiger partial charge in [0.25, 0.3) is 0 Å². The molecular weight excluding hydrogens is 296 g/mol. The Kier molecular flexibility index (Phi) is 3.19. The van der Waals surface area contributed by atoms with Crippen molar-refractivity contribution >= 4 is 28.6 Å². The number of aromatic nitrogens is 4. The molecule has 10 heteroatoms. The zero-order chi connectivity index (χ0) is 14.4. The SMILES string of the molecule is Nc1nc(Cl)nc2c1ncn2[C@H]1O[C@H](CO)[C@@H](F)[C@@H]1F. The number of imidazole rings is 1. The normalized spacial score (nSPS) is 30.2. The lowest BCUT2D eigenvalue weighted by Crippen LogP contribution is -2.26. The molecule has 2 aromatic rings. The molecule has 3 N–H and O–H groups in total. The van der Waals surface area contributed by atoms with Gasteiger partial charge in [-0.25, -0.2) is 13.8 Å². The Balaban J connectivity index is 2.07. The van der Waals surface area contributed by atoms with Gasteiger partial charge in [0.15, 0.2) is 30.0 Å². The maximum absolute atomic E-state index is 13.9. The molecule has 1 fully saturated rings. The van der Waals surface area contributed by atoms with Crippen molar-refractivity contribution in [2.75, 3.05) is 12.3 Å². The number of fused-ring (bicyclic) bond motifs is 1. The van der Waals surface area contributed by atoms with E-state index in [4.69, 9.17) is 27.2 Å². The summed E-state index contributed by atoms with van der Waals surface area (Å²) in [4.78, 5) is 11.5. The second-order valence-electron chi connectivity index (χ2n) is 4.34. The third-order valence-electron chi connectivity index (χ3n) is 3.12. The summed E-state index contributed by atoms with van der Waals surface area (Å²) >= 11 is 5.69. The molecule has 20 heavy (non-hydrogen) atoms. The van der Waals surface area contributed by atoms with Crippen molar-refractivity contribution in [3.8, 4) is 0 Å². The fraction of sp³-hybridized carbons (Fsp3) is 0.500. The molecule has 0 amide bonds. The van der Waals surface area contributed by atoms with Crippen molar-refractivity contribution in [1.29, 1.82) is 0 Å². The molecule has 2 aromatic heterocycles. The van der Waals surface area contributed by atoms with Crippen LogP contribution in [0.1, 0.15) is 6.23 Å². The van der Waals surface area contributed by atoms with Gasteiger partial charge in [0.05, 0.1) is 12.9 Å². The van der Waals surface area contributed by atoms with Crippen LogP contribution in [0.3, 0.4) is 0 Å². The molecule has 0 aromatic carbocycles. The van der Waals surface area contributed by atoms with Crippen LogP contribution in [-0.2, 0) is 4.74 Å². The Labute approximate surface area is 116 Å². The molecule has 0 aliphatic carbocycles. The van der Waals surface area contributed by atoms with Crippen LogP contribution >= 0.6 is 11.6 Å². The summed E-state index contributed by atoms with van der Waals surface area (Å²) in [6, 6.07) is 0. The van der Waals surface area contributed by atoms with E-state index in [1.807, 2.05) is 0 Å². The van der Waals surface area contributed by atoms with Crippen LogP contribution in [0.2, 0.25) is 5.28 Å². The molecule has 3 rings (SSSR count). The van der Waals surface area contributed by atoms with Crippen molar-refractivity contribution in [3.63, 3.8) is 0 Å². The van der Waals surface area contributed by atoms with E-state index in [1.54, 1.807) is 0 Å². The van der Waals surface area contributed by atoms with Crippen molar-refractivity contribution in [2.24, 2.45) is 0 Å². The topological polar surface area (TPSA) is 99.1 Å². The number of ether oxygens (including phenoxy) is 1. The molecule has 0 unspecified atom stereocenters. The number of alkyl halides is 2. The number of aliphatic hydroxyl groups excluding tert-OH is 1. The third kappa shape index (κ3) is 1.89. The van der Waals surface area contributed by atoms with E-state index in [9.17, 15) is 8.78 Å². The summed E-state index contributed by atoms with van der Waals surface area (Å²) < 4.78 is 33.9. The lowest BCUT2D eigenvalue weighted by molar-refractivity contribution is -0.0398. The number of nitrogens with zero attached hydrogens (tertiary/aromatic N) is 4. The van der Waals surface area contributed by atoms with Crippen LogP contribution in [0.5, 0.6) is 0 Å². The van der Waals surface area contributed by atoms with Crippen LogP contribution < -0.4 is 5.73 Å². The molecule has 7 nitrogen and oxygen atoms in total. The summed E-state index contributed by atoms with van der Waals surface area (Å²) in [5.41, 5.74) is 5.98. The Morgan fingerprint density at radius 1 is 1.40 bits per heavy atom. The van der Waals surface area contributed by atoms with E-state index in [-0.39, 0.29) is 22.3 Å². The van der Waals surface area contributed by atoms with Gasteiger partial charge in [0.2, 0.25) is 5.28 Å². The standard InChI is InChI=1S/C10H10ClF2N5O2/c11-10-16-7(14)6-8(17-10)18(2-15-6)9-5(13)4(12)3(1-19)20-9/h2-5,9,19H,1H2,(H2,14,16,17)/t3-,4-,5+,9+/m1/s1. The van der Waals surface area contributed by atoms with Gasteiger partial charge in [-0.05, 0) is 11.6 Å². The van der Waals surface area contributed by atoms with Gasteiger partial charge in [-0.1, -0.05) is 0 Å². The number of hydrogen-bond donors (Lipinski definition) is 2. The van der Waals surface area contributed by atoms with E-state index in [0.717, 1.165) is 0 Å². The average Bonchev–Trinajstić information content (AvgIpc) is 2.93. The Bertz CT molecular complexity index is 654. The second-order valence-corrected chi connectivity index (χ2v) is 4.68. The molecule has 1 aliphatic heterocycles. The van der Waals surface area contributed by atoms with Crippen molar-refractivity contribution in [1.82, 2.24) is 19.5 Å². The molecule has 0 bridgehead atoms. The van der Waals surface area contributed by atoms with Crippen LogP contribution in [0.25, 0.3) is 11.2 Å². The molecule has 1 aliphatic rings. The summed E-state index contributed by atoms with van der Waals surface area (Å²) in [6.45, 7) is -0.622. The van der Waals surface area contributed by atoms with Gasteiger partial charge in [-0.15, -0.1) is 0 Å². The summed E-state index contributed by atoms with van der Waals surface area (Å²) in [5.74, 6) is 0.0302. The van der Waals surface area contributed by atoms with Crippen LogP contribution in [0.4, 0.5) is 14.6 Å². The molecule has 0 spiro atoms. The molecule has 108 valence electrons. The van der Waals surface area contributed by atoms with Crippen LogP contribution in [0, 0.1) is 0 Å². The molecular formula is C10H10ClF2N5O2. The van der Waals surface area contributed by atoms with Crippen LogP contribution in [-0.4, -0.2) is 49.7 Å². The number of nitrogens with two attached hydrogens (primary N) is 1. The van der Waals surface area contributed by atoms with Gasteiger partial charge < -0.3 is 15.6 Å². The predicted molar refractivity (Wildman–Crippen MR) is 65.5 cm³/mol. The zero-order valence-electron chi connectivity index (χ0n) is 9.95. The molecule has 4 atom stereocenters. The highest BCUT2D eigenvalue weighted by atomic mass is 35.5. The quantitative estimate of drug-likeness (QED) is 0.789. The highest BCUT2D eigenvalue weighted by Crippen LogP contribution is 2.35. The van der Waals surface area contributed by atoms with Gasteiger partial charge in [-0.2, -0.15) is 9.97 Å². The maximum atomic E-state index is 13.9. The summed E-state index contributed by atoms with van der Waals surface area (Å²) in [7, 11) is 0. The van der Waals surface area contributed by atoms with Gasteiger partial charge in [-0.3, -0.25) is 4.57 Å². The lowest BCUT2D eigenvalue weighted by atomic mass is 10.2. The Morgan fingerprint density at radius 3 is 2.80 bits per heavy atom. The highest BCUT2D eigenvalue weighted by Gasteiger charge is 2.46. The first-order valence-corrected chi connectivity index (χ1v) is 6.10. The first-order chi connectivity index (χ1) is 9.52. The van der Waals surface area contributed by atoms with Gasteiger partial charge >= 0.3 is 0 Å². The number of nitrogen functional groups attached to an aromatic ring is 1.